The number of hydrogen-bond donors (Lipinski definition) is 2. The average Bonchev–Trinajstić information content (AvgIpc) is 2.58. The summed E-state index contributed by atoms with van der Waals surface area (Å²) in [5, 5.41) is 3.24. The summed E-state index contributed by atoms with van der Waals surface area (Å²) in [7, 11) is -7.49. The lowest BCUT2D eigenvalue weighted by Crippen LogP contribution is -2.51. The van der Waals surface area contributed by atoms with Gasteiger partial charge in [0, 0.05) is 25.2 Å². The van der Waals surface area contributed by atoms with Gasteiger partial charge in [-0.2, -0.15) is 4.31 Å². The summed E-state index contributed by atoms with van der Waals surface area (Å²) in [6.45, 7) is 6.98. The molecule has 0 amide bonds. The van der Waals surface area contributed by atoms with Gasteiger partial charge in [-0.1, -0.05) is 19.9 Å². The number of benzene rings is 1. The molecule has 1 saturated heterocycles. The Balaban J connectivity index is 0.00000338. The molecule has 1 aromatic rings. The van der Waals surface area contributed by atoms with Gasteiger partial charge in [0.25, 0.3) is 0 Å². The van der Waals surface area contributed by atoms with Crippen LogP contribution in [0.2, 0.25) is 0 Å². The fourth-order valence-electron chi connectivity index (χ4n) is 2.99. The lowest BCUT2D eigenvalue weighted by Gasteiger charge is -2.30. The third-order valence-electron chi connectivity index (χ3n) is 4.53. The molecule has 1 aromatic carbocycles. The monoisotopic (exact) mass is 425 g/mol. The van der Waals surface area contributed by atoms with E-state index in [9.17, 15) is 16.8 Å². The number of sulfonamides is 2. The highest BCUT2D eigenvalue weighted by Gasteiger charge is 2.28. The van der Waals surface area contributed by atoms with Crippen LogP contribution in [0.4, 0.5) is 0 Å². The summed E-state index contributed by atoms with van der Waals surface area (Å²) >= 11 is 0. The van der Waals surface area contributed by atoms with Gasteiger partial charge in [0.15, 0.2) is 0 Å². The van der Waals surface area contributed by atoms with Crippen molar-refractivity contribution in [3.63, 3.8) is 0 Å². The number of hydrogen-bond acceptors (Lipinski definition) is 5. The van der Waals surface area contributed by atoms with E-state index >= 15 is 0 Å². The van der Waals surface area contributed by atoms with Crippen LogP contribution in [0.25, 0.3) is 0 Å². The van der Waals surface area contributed by atoms with Crippen molar-refractivity contribution in [2.24, 2.45) is 0 Å². The van der Waals surface area contributed by atoms with E-state index in [0.717, 1.165) is 19.4 Å². The van der Waals surface area contributed by atoms with Gasteiger partial charge in [0.05, 0.1) is 9.79 Å². The number of nitrogens with zero attached hydrogens (tertiary/aromatic N) is 1. The number of piperidine rings is 1. The largest absolute Gasteiger partial charge is 0.313 e. The predicted octanol–water partition coefficient (Wildman–Crippen LogP) is 1.56. The van der Waals surface area contributed by atoms with Gasteiger partial charge in [0.2, 0.25) is 20.0 Å². The molecule has 2 N–H and O–H groups in total. The first-order chi connectivity index (χ1) is 11.7. The predicted molar refractivity (Wildman–Crippen MR) is 105 cm³/mol. The first kappa shape index (κ1) is 23.3. The minimum atomic E-state index is -3.79. The number of nitrogens with one attached hydrogen (secondary N) is 2. The van der Waals surface area contributed by atoms with Crippen LogP contribution in [0.1, 0.15) is 33.6 Å². The molecule has 0 radical (unpaired) electrons. The van der Waals surface area contributed by atoms with E-state index in [-0.39, 0.29) is 34.3 Å². The first-order valence-electron chi connectivity index (χ1n) is 8.58. The van der Waals surface area contributed by atoms with Crippen LogP contribution in [0.3, 0.4) is 0 Å². The highest BCUT2D eigenvalue weighted by molar-refractivity contribution is 7.90. The van der Waals surface area contributed by atoms with E-state index in [2.05, 4.69) is 10.0 Å². The second kappa shape index (κ2) is 9.48. The third kappa shape index (κ3) is 5.17. The molecule has 26 heavy (non-hydrogen) atoms. The van der Waals surface area contributed by atoms with Gasteiger partial charge in [-0.25, -0.2) is 21.6 Å². The molecule has 7 nitrogen and oxygen atoms in total. The van der Waals surface area contributed by atoms with Gasteiger partial charge >= 0.3 is 0 Å². The molecule has 150 valence electrons. The lowest BCUT2D eigenvalue weighted by atomic mass is 10.0. The maximum absolute atomic E-state index is 12.7. The molecule has 1 heterocycles. The molecule has 0 aliphatic carbocycles. The Hall–Kier alpha value is -0.710. The van der Waals surface area contributed by atoms with E-state index in [1.165, 1.54) is 28.6 Å². The van der Waals surface area contributed by atoms with Crippen molar-refractivity contribution in [3.8, 4) is 0 Å². The van der Waals surface area contributed by atoms with Crippen molar-refractivity contribution in [1.82, 2.24) is 14.3 Å². The molecule has 0 aromatic heterocycles. The summed E-state index contributed by atoms with van der Waals surface area (Å²) in [5.74, 6) is 0. The van der Waals surface area contributed by atoms with Crippen LogP contribution in [0.5, 0.6) is 0 Å². The van der Waals surface area contributed by atoms with Crippen LogP contribution in [0, 0.1) is 0 Å². The highest BCUT2D eigenvalue weighted by Crippen LogP contribution is 2.20. The summed E-state index contributed by atoms with van der Waals surface area (Å²) in [4.78, 5) is -0.0348. The zero-order chi connectivity index (χ0) is 18.7. The van der Waals surface area contributed by atoms with Crippen LogP contribution in [-0.2, 0) is 20.0 Å². The Morgan fingerprint density at radius 1 is 1.15 bits per heavy atom. The van der Waals surface area contributed by atoms with Gasteiger partial charge in [-0.05, 0) is 44.5 Å². The highest BCUT2D eigenvalue weighted by atomic mass is 35.5. The second-order valence-electron chi connectivity index (χ2n) is 6.18. The van der Waals surface area contributed by atoms with Crippen LogP contribution in [0.15, 0.2) is 34.1 Å². The Morgan fingerprint density at radius 2 is 1.77 bits per heavy atom. The maximum atomic E-state index is 12.7. The Morgan fingerprint density at radius 3 is 2.35 bits per heavy atom. The smallest absolute Gasteiger partial charge is 0.243 e. The molecule has 1 fully saturated rings. The zero-order valence-electron chi connectivity index (χ0n) is 15.3. The number of halogens is 1. The molecule has 1 aliphatic rings. The topological polar surface area (TPSA) is 95.6 Å². The summed E-state index contributed by atoms with van der Waals surface area (Å²) in [6.07, 6.45) is 1.65. The zero-order valence-corrected chi connectivity index (χ0v) is 17.8. The van der Waals surface area contributed by atoms with Crippen molar-refractivity contribution in [2.45, 2.75) is 55.5 Å². The van der Waals surface area contributed by atoms with Gasteiger partial charge in [-0.3, -0.25) is 0 Å². The first-order valence-corrected chi connectivity index (χ1v) is 11.5. The molecule has 0 saturated carbocycles. The standard InChI is InChI=1S/C16H27N3O4S2.ClH/c1-4-19(5-2)25(22,23)15-9-6-8-14(12-15)24(20,21)18-16-10-7-11-17-13(16)3;/h6,8-9,12-13,16-18H,4-5,7,10-11H2,1-3H3;1H. The lowest BCUT2D eigenvalue weighted by molar-refractivity contribution is 0.349. The van der Waals surface area contributed by atoms with E-state index in [1.54, 1.807) is 13.8 Å². The van der Waals surface area contributed by atoms with Crippen LogP contribution < -0.4 is 10.0 Å². The van der Waals surface area contributed by atoms with Crippen molar-refractivity contribution >= 4 is 32.5 Å². The van der Waals surface area contributed by atoms with Crippen LogP contribution >= 0.6 is 12.4 Å². The van der Waals surface area contributed by atoms with Crippen molar-refractivity contribution in [2.75, 3.05) is 19.6 Å². The minimum absolute atomic E-state index is 0. The maximum Gasteiger partial charge on any atom is 0.243 e. The van der Waals surface area contributed by atoms with Crippen molar-refractivity contribution < 1.29 is 16.8 Å². The summed E-state index contributed by atoms with van der Waals surface area (Å²) in [5.41, 5.74) is 0. The SMILES string of the molecule is CCN(CC)S(=O)(=O)c1cccc(S(=O)(=O)NC2CCCNC2C)c1.Cl. The minimum Gasteiger partial charge on any atom is -0.313 e. The third-order valence-corrected chi connectivity index (χ3v) is 8.06. The second-order valence-corrected chi connectivity index (χ2v) is 9.83. The van der Waals surface area contributed by atoms with E-state index < -0.39 is 20.0 Å². The van der Waals surface area contributed by atoms with Crippen molar-refractivity contribution in [3.05, 3.63) is 24.3 Å². The molecule has 2 rings (SSSR count). The molecule has 2 atom stereocenters. The van der Waals surface area contributed by atoms with E-state index in [0.29, 0.717) is 13.1 Å². The van der Waals surface area contributed by atoms with E-state index in [4.69, 9.17) is 0 Å². The fourth-order valence-corrected chi connectivity index (χ4v) is 5.96. The summed E-state index contributed by atoms with van der Waals surface area (Å²) in [6, 6.07) is 5.37. The fraction of sp³-hybridized carbons (Fsp3) is 0.625. The molecular weight excluding hydrogens is 398 g/mol. The summed E-state index contributed by atoms with van der Waals surface area (Å²) < 4.78 is 54.6. The van der Waals surface area contributed by atoms with Gasteiger partial charge in [0.1, 0.15) is 0 Å². The quantitative estimate of drug-likeness (QED) is 0.691. The van der Waals surface area contributed by atoms with E-state index in [1.807, 2.05) is 6.92 Å². The Kier molecular flexibility index (Phi) is 8.50. The molecular formula is C16H28ClN3O4S2. The molecule has 0 bridgehead atoms. The van der Waals surface area contributed by atoms with Gasteiger partial charge in [-0.15, -0.1) is 12.4 Å². The Labute approximate surface area is 163 Å². The average molecular weight is 426 g/mol. The number of rotatable bonds is 7. The van der Waals surface area contributed by atoms with Gasteiger partial charge < -0.3 is 5.32 Å². The molecule has 2 unspecified atom stereocenters. The molecule has 0 spiro atoms. The molecule has 10 heteroatoms. The van der Waals surface area contributed by atoms with Crippen molar-refractivity contribution in [1.29, 1.82) is 0 Å². The Bertz CT molecular complexity index is 795. The van der Waals surface area contributed by atoms with Crippen LogP contribution in [-0.4, -0.2) is 52.9 Å². The normalized spacial score (nSPS) is 21.4. The molecule has 1 aliphatic heterocycles.